The van der Waals surface area contributed by atoms with Gasteiger partial charge in [0.25, 0.3) is 0 Å². The van der Waals surface area contributed by atoms with Gasteiger partial charge >= 0.3 is 12.1 Å². The SMILES string of the molecule is Cc1c(C[C@@H](C)C(=O)OC(C)(C)C)ccc(Cl)c1NC(=O)[C@H](c1ccc(Cl)cc1)[C@@H](C)C(F)(F)F. The van der Waals surface area contributed by atoms with Gasteiger partial charge < -0.3 is 10.1 Å². The zero-order valence-corrected chi connectivity index (χ0v) is 22.0. The van der Waals surface area contributed by atoms with Crippen molar-refractivity contribution in [1.29, 1.82) is 0 Å². The lowest BCUT2D eigenvalue weighted by Gasteiger charge is -2.27. The fourth-order valence-corrected chi connectivity index (χ4v) is 4.02. The second-order valence-electron chi connectivity index (χ2n) is 9.69. The summed E-state index contributed by atoms with van der Waals surface area (Å²) in [4.78, 5) is 25.6. The van der Waals surface area contributed by atoms with E-state index in [4.69, 9.17) is 27.9 Å². The highest BCUT2D eigenvalue weighted by molar-refractivity contribution is 6.34. The van der Waals surface area contributed by atoms with E-state index < -0.39 is 35.4 Å². The highest BCUT2D eigenvalue weighted by Gasteiger charge is 2.45. The molecule has 1 amide bonds. The normalized spacial score (nSPS) is 14.7. The van der Waals surface area contributed by atoms with Gasteiger partial charge in [0.2, 0.25) is 5.91 Å². The molecule has 0 heterocycles. The number of benzene rings is 2. The van der Waals surface area contributed by atoms with E-state index in [9.17, 15) is 22.8 Å². The van der Waals surface area contributed by atoms with Gasteiger partial charge in [-0.15, -0.1) is 0 Å². The Labute approximate surface area is 214 Å². The maximum atomic E-state index is 13.6. The number of hydrogen-bond acceptors (Lipinski definition) is 3. The van der Waals surface area contributed by atoms with Crippen molar-refractivity contribution >= 4 is 40.8 Å². The molecule has 0 radical (unpaired) electrons. The summed E-state index contributed by atoms with van der Waals surface area (Å²) in [6.07, 6.45) is -4.30. The van der Waals surface area contributed by atoms with Crippen LogP contribution in [0.2, 0.25) is 10.0 Å². The third kappa shape index (κ3) is 7.87. The van der Waals surface area contributed by atoms with Crippen LogP contribution in [-0.2, 0) is 20.7 Å². The number of alkyl halides is 3. The molecule has 9 heteroatoms. The van der Waals surface area contributed by atoms with E-state index in [1.807, 2.05) is 0 Å². The molecule has 0 aromatic heterocycles. The van der Waals surface area contributed by atoms with Crippen molar-refractivity contribution in [2.45, 2.75) is 65.7 Å². The second-order valence-corrected chi connectivity index (χ2v) is 10.5. The van der Waals surface area contributed by atoms with Crippen LogP contribution in [0, 0.1) is 18.8 Å². The number of hydrogen-bond donors (Lipinski definition) is 1. The summed E-state index contributed by atoms with van der Waals surface area (Å²) < 4.78 is 46.4. The highest BCUT2D eigenvalue weighted by atomic mass is 35.5. The van der Waals surface area contributed by atoms with Crippen molar-refractivity contribution in [2.75, 3.05) is 5.32 Å². The Morgan fingerprint density at radius 1 is 1.00 bits per heavy atom. The molecule has 2 aromatic carbocycles. The molecule has 0 aliphatic carbocycles. The maximum absolute atomic E-state index is 13.6. The average Bonchev–Trinajstić information content (AvgIpc) is 2.72. The van der Waals surface area contributed by atoms with Gasteiger partial charge in [0.05, 0.1) is 28.5 Å². The first-order valence-electron chi connectivity index (χ1n) is 11.1. The van der Waals surface area contributed by atoms with E-state index >= 15 is 0 Å². The lowest BCUT2D eigenvalue weighted by molar-refractivity contribution is -0.178. The first-order chi connectivity index (χ1) is 16.0. The van der Waals surface area contributed by atoms with Gasteiger partial charge in [0.15, 0.2) is 0 Å². The number of carbonyl (C=O) groups excluding carboxylic acids is 2. The van der Waals surface area contributed by atoms with E-state index in [0.29, 0.717) is 17.0 Å². The summed E-state index contributed by atoms with van der Waals surface area (Å²) >= 11 is 12.2. The summed E-state index contributed by atoms with van der Waals surface area (Å²) in [5.74, 6) is -5.19. The van der Waals surface area contributed by atoms with E-state index in [1.165, 1.54) is 24.3 Å². The number of rotatable bonds is 7. The quantitative estimate of drug-likeness (QED) is 0.371. The lowest BCUT2D eigenvalue weighted by Crippen LogP contribution is -2.34. The summed E-state index contributed by atoms with van der Waals surface area (Å²) in [6, 6.07) is 8.97. The molecule has 192 valence electrons. The van der Waals surface area contributed by atoms with Crippen LogP contribution in [0.25, 0.3) is 0 Å². The maximum Gasteiger partial charge on any atom is 0.392 e. The molecule has 1 N–H and O–H groups in total. The fourth-order valence-electron chi connectivity index (χ4n) is 3.64. The molecule has 0 bridgehead atoms. The first kappa shape index (κ1) is 29.0. The van der Waals surface area contributed by atoms with Crippen LogP contribution in [0.1, 0.15) is 57.2 Å². The molecule has 0 saturated heterocycles. The van der Waals surface area contributed by atoms with E-state index in [1.54, 1.807) is 46.8 Å². The Morgan fingerprint density at radius 3 is 2.09 bits per heavy atom. The summed E-state index contributed by atoms with van der Waals surface area (Å²) in [5.41, 5.74) is 1.04. The number of anilines is 1. The van der Waals surface area contributed by atoms with Crippen LogP contribution in [0.5, 0.6) is 0 Å². The first-order valence-corrected chi connectivity index (χ1v) is 11.9. The van der Waals surface area contributed by atoms with Crippen molar-refractivity contribution in [3.05, 3.63) is 63.1 Å². The predicted octanol–water partition coefficient (Wildman–Crippen LogP) is 7.74. The zero-order chi connectivity index (χ0) is 26.7. The average molecular weight is 532 g/mol. The van der Waals surface area contributed by atoms with Gasteiger partial charge in [-0.3, -0.25) is 9.59 Å². The molecule has 2 aromatic rings. The summed E-state index contributed by atoms with van der Waals surface area (Å²) in [7, 11) is 0. The minimum Gasteiger partial charge on any atom is -0.460 e. The number of ether oxygens (including phenoxy) is 1. The fraction of sp³-hybridized carbons (Fsp3) is 0.462. The van der Waals surface area contributed by atoms with Crippen molar-refractivity contribution < 1.29 is 27.5 Å². The number of carbonyl (C=O) groups is 2. The second kappa shape index (κ2) is 11.2. The summed E-state index contributed by atoms with van der Waals surface area (Å²) in [6.45, 7) is 9.71. The molecule has 0 saturated carbocycles. The van der Waals surface area contributed by atoms with Gasteiger partial charge in [0, 0.05) is 5.02 Å². The third-order valence-corrected chi connectivity index (χ3v) is 6.20. The van der Waals surface area contributed by atoms with Crippen molar-refractivity contribution in [1.82, 2.24) is 0 Å². The van der Waals surface area contributed by atoms with E-state index in [2.05, 4.69) is 5.32 Å². The summed E-state index contributed by atoms with van der Waals surface area (Å²) in [5, 5.41) is 3.13. The van der Waals surface area contributed by atoms with Crippen LogP contribution in [0.3, 0.4) is 0 Å². The van der Waals surface area contributed by atoms with Gasteiger partial charge in [-0.25, -0.2) is 0 Å². The molecule has 3 atom stereocenters. The lowest BCUT2D eigenvalue weighted by atomic mass is 9.85. The number of halogens is 5. The van der Waals surface area contributed by atoms with Crippen LogP contribution in [0.4, 0.5) is 18.9 Å². The largest absolute Gasteiger partial charge is 0.460 e. The van der Waals surface area contributed by atoms with Crippen molar-refractivity contribution in [2.24, 2.45) is 11.8 Å². The molecule has 35 heavy (non-hydrogen) atoms. The molecule has 2 rings (SSSR count). The standard InChI is InChI=1S/C26H30Cl2F3NO3/c1-14(24(34)35-25(4,5)6)13-18-9-12-20(28)22(15(18)2)32-23(33)21(16(3)26(29,30)31)17-7-10-19(27)11-8-17/h7-12,14,16,21H,13H2,1-6H3,(H,32,33)/t14-,16-,21+/m1/s1. The van der Waals surface area contributed by atoms with Gasteiger partial charge in [-0.05, 0) is 69.0 Å². The third-order valence-electron chi connectivity index (χ3n) is 5.64. The van der Waals surface area contributed by atoms with Crippen LogP contribution < -0.4 is 5.32 Å². The Morgan fingerprint density at radius 2 is 1.57 bits per heavy atom. The Balaban J connectivity index is 2.36. The molecule has 0 spiro atoms. The minimum atomic E-state index is -4.61. The molecule has 0 aliphatic rings. The number of nitrogens with one attached hydrogen (secondary N) is 1. The van der Waals surface area contributed by atoms with Gasteiger partial charge in [-0.1, -0.05) is 55.2 Å². The van der Waals surface area contributed by atoms with E-state index in [-0.39, 0.29) is 22.2 Å². The Hall–Kier alpha value is -2.25. The minimum absolute atomic E-state index is 0.180. The van der Waals surface area contributed by atoms with Crippen LogP contribution >= 0.6 is 23.2 Å². The van der Waals surface area contributed by atoms with Gasteiger partial charge in [0.1, 0.15) is 5.60 Å². The predicted molar refractivity (Wildman–Crippen MR) is 133 cm³/mol. The van der Waals surface area contributed by atoms with Crippen LogP contribution in [0.15, 0.2) is 36.4 Å². The smallest absolute Gasteiger partial charge is 0.392 e. The Bertz CT molecular complexity index is 1060. The number of amides is 1. The van der Waals surface area contributed by atoms with Gasteiger partial charge in [-0.2, -0.15) is 13.2 Å². The Kier molecular flexibility index (Phi) is 9.28. The zero-order valence-electron chi connectivity index (χ0n) is 20.5. The molecular formula is C26H30Cl2F3NO3. The van der Waals surface area contributed by atoms with Crippen LogP contribution in [-0.4, -0.2) is 23.7 Å². The molecule has 0 fully saturated rings. The molecule has 0 unspecified atom stereocenters. The number of esters is 1. The van der Waals surface area contributed by atoms with E-state index in [0.717, 1.165) is 12.5 Å². The van der Waals surface area contributed by atoms with Crippen molar-refractivity contribution in [3.8, 4) is 0 Å². The monoisotopic (exact) mass is 531 g/mol. The molecule has 0 aliphatic heterocycles. The molecule has 4 nitrogen and oxygen atoms in total. The topological polar surface area (TPSA) is 55.4 Å². The van der Waals surface area contributed by atoms with Crippen molar-refractivity contribution in [3.63, 3.8) is 0 Å². The molecular weight excluding hydrogens is 502 g/mol. The highest BCUT2D eigenvalue weighted by Crippen LogP contribution is 2.39.